The van der Waals surface area contributed by atoms with Gasteiger partial charge in [0.2, 0.25) is 5.91 Å². The number of carbonyl (C=O) groups excluding carboxylic acids is 4. The maximum Gasteiger partial charge on any atom is 0.328 e. The number of benzene rings is 2. The minimum Gasteiger partial charge on any atom is -0.467 e. The molecular formula is C25H25NO5. The quantitative estimate of drug-likeness (QED) is 0.662. The van der Waals surface area contributed by atoms with E-state index in [1.807, 2.05) is 30.3 Å². The molecule has 0 fully saturated rings. The number of ketones is 2. The van der Waals surface area contributed by atoms with E-state index in [-0.39, 0.29) is 23.9 Å². The zero-order chi connectivity index (χ0) is 22.4. The molecule has 0 spiro atoms. The van der Waals surface area contributed by atoms with Crippen LogP contribution >= 0.6 is 0 Å². The summed E-state index contributed by atoms with van der Waals surface area (Å²) in [4.78, 5) is 49.9. The summed E-state index contributed by atoms with van der Waals surface area (Å²) in [6.07, 6.45) is 1.16. The van der Waals surface area contributed by atoms with E-state index in [0.29, 0.717) is 41.5 Å². The van der Waals surface area contributed by atoms with Crippen LogP contribution in [-0.2, 0) is 20.7 Å². The molecule has 0 saturated heterocycles. The Balaban J connectivity index is 1.60. The van der Waals surface area contributed by atoms with Crippen LogP contribution in [-0.4, -0.2) is 36.6 Å². The van der Waals surface area contributed by atoms with Crippen molar-refractivity contribution in [1.29, 1.82) is 0 Å². The zero-order valence-corrected chi connectivity index (χ0v) is 17.6. The number of carbonyl (C=O) groups is 4. The smallest absolute Gasteiger partial charge is 0.328 e. The van der Waals surface area contributed by atoms with Crippen molar-refractivity contribution in [2.75, 3.05) is 7.11 Å². The van der Waals surface area contributed by atoms with E-state index >= 15 is 0 Å². The molecule has 2 aromatic rings. The molecule has 0 heterocycles. The fraction of sp³-hybridized carbons (Fsp3) is 0.280. The van der Waals surface area contributed by atoms with Gasteiger partial charge < -0.3 is 10.1 Å². The summed E-state index contributed by atoms with van der Waals surface area (Å²) >= 11 is 0. The fourth-order valence-electron chi connectivity index (χ4n) is 3.73. The Morgan fingerprint density at radius 2 is 1.55 bits per heavy atom. The van der Waals surface area contributed by atoms with E-state index in [0.717, 1.165) is 5.56 Å². The molecule has 1 atom stereocenters. The number of hydrogen-bond donors (Lipinski definition) is 1. The monoisotopic (exact) mass is 419 g/mol. The number of Topliss-reactive ketones (excluding diaryl/α,β-unsaturated/α-hetero) is 2. The predicted octanol–water partition coefficient (Wildman–Crippen LogP) is 3.45. The second-order valence-electron chi connectivity index (χ2n) is 7.49. The van der Waals surface area contributed by atoms with Crippen molar-refractivity contribution in [3.63, 3.8) is 0 Å². The first-order chi connectivity index (χ1) is 14.9. The molecular weight excluding hydrogens is 394 g/mol. The van der Waals surface area contributed by atoms with Crippen molar-refractivity contribution < 1.29 is 23.9 Å². The van der Waals surface area contributed by atoms with Gasteiger partial charge in [-0.15, -0.1) is 0 Å². The van der Waals surface area contributed by atoms with Gasteiger partial charge in [0, 0.05) is 35.1 Å². The molecule has 160 valence electrons. The summed E-state index contributed by atoms with van der Waals surface area (Å²) in [5.74, 6) is -1.13. The number of fused-ring (bicyclic) bond motifs is 1. The SMILES string of the molecule is COC(=O)[C@H](Cc1ccccc1)NC(=O)CCCC1=C(C)C(=O)c2ccccc2C1=O. The van der Waals surface area contributed by atoms with E-state index in [9.17, 15) is 19.2 Å². The lowest BCUT2D eigenvalue weighted by atomic mass is 9.83. The Morgan fingerprint density at radius 3 is 2.19 bits per heavy atom. The van der Waals surface area contributed by atoms with E-state index in [4.69, 9.17) is 4.74 Å². The number of nitrogens with one attached hydrogen (secondary N) is 1. The average Bonchev–Trinajstić information content (AvgIpc) is 2.79. The highest BCUT2D eigenvalue weighted by Crippen LogP contribution is 2.28. The highest BCUT2D eigenvalue weighted by atomic mass is 16.5. The number of rotatable bonds is 8. The van der Waals surface area contributed by atoms with Crippen molar-refractivity contribution >= 4 is 23.4 Å². The minimum absolute atomic E-state index is 0.127. The standard InChI is InChI=1S/C25H25NO5/c1-16-18(24(29)20-12-7-6-11-19(20)23(16)28)13-8-14-22(27)26-21(25(30)31-2)15-17-9-4-3-5-10-17/h3-7,9-12,21H,8,13-15H2,1-2H3,(H,26,27)/t21-/m0/s1. The number of esters is 1. The van der Waals surface area contributed by atoms with Crippen LogP contribution in [0.15, 0.2) is 65.7 Å². The molecule has 2 aromatic carbocycles. The molecule has 31 heavy (non-hydrogen) atoms. The van der Waals surface area contributed by atoms with Gasteiger partial charge in [0.05, 0.1) is 7.11 Å². The molecule has 1 amide bonds. The minimum atomic E-state index is -0.786. The van der Waals surface area contributed by atoms with E-state index in [1.165, 1.54) is 7.11 Å². The maximum atomic E-state index is 12.8. The van der Waals surface area contributed by atoms with Crippen LogP contribution in [0.4, 0.5) is 0 Å². The van der Waals surface area contributed by atoms with Crippen LogP contribution in [0.25, 0.3) is 0 Å². The summed E-state index contributed by atoms with van der Waals surface area (Å²) in [6.45, 7) is 1.65. The predicted molar refractivity (Wildman–Crippen MR) is 116 cm³/mol. The van der Waals surface area contributed by atoms with Crippen LogP contribution in [0.1, 0.15) is 52.5 Å². The van der Waals surface area contributed by atoms with E-state index < -0.39 is 12.0 Å². The molecule has 0 aromatic heterocycles. The summed E-state index contributed by atoms with van der Waals surface area (Å²) in [7, 11) is 1.28. The summed E-state index contributed by atoms with van der Waals surface area (Å²) < 4.78 is 4.82. The third kappa shape index (κ3) is 5.15. The average molecular weight is 419 g/mol. The number of methoxy groups -OCH3 is 1. The van der Waals surface area contributed by atoms with Crippen molar-refractivity contribution in [3.8, 4) is 0 Å². The number of ether oxygens (including phenoxy) is 1. The molecule has 0 unspecified atom stereocenters. The highest BCUT2D eigenvalue weighted by Gasteiger charge is 2.29. The lowest BCUT2D eigenvalue weighted by Gasteiger charge is -2.19. The van der Waals surface area contributed by atoms with Crippen molar-refractivity contribution in [3.05, 3.63) is 82.4 Å². The van der Waals surface area contributed by atoms with Gasteiger partial charge in [-0.3, -0.25) is 14.4 Å². The molecule has 0 radical (unpaired) electrons. The van der Waals surface area contributed by atoms with Gasteiger partial charge >= 0.3 is 5.97 Å². The first-order valence-corrected chi connectivity index (χ1v) is 10.2. The van der Waals surface area contributed by atoms with Crippen molar-refractivity contribution in [1.82, 2.24) is 5.32 Å². The first kappa shape index (κ1) is 22.2. The second kappa shape index (κ2) is 9.98. The fourth-order valence-corrected chi connectivity index (χ4v) is 3.73. The normalized spacial score (nSPS) is 14.1. The van der Waals surface area contributed by atoms with Crippen LogP contribution in [0.2, 0.25) is 0 Å². The molecule has 0 saturated carbocycles. The third-order valence-corrected chi connectivity index (χ3v) is 5.42. The Morgan fingerprint density at radius 1 is 0.935 bits per heavy atom. The van der Waals surface area contributed by atoms with Crippen LogP contribution in [0, 0.1) is 0 Å². The molecule has 1 N–H and O–H groups in total. The molecule has 0 aliphatic heterocycles. The molecule has 3 rings (SSSR count). The van der Waals surface area contributed by atoms with E-state index in [1.54, 1.807) is 31.2 Å². The lowest BCUT2D eigenvalue weighted by Crippen LogP contribution is -2.43. The van der Waals surface area contributed by atoms with Gasteiger partial charge in [-0.25, -0.2) is 4.79 Å². The van der Waals surface area contributed by atoms with Gasteiger partial charge in [0.1, 0.15) is 6.04 Å². The second-order valence-corrected chi connectivity index (χ2v) is 7.49. The number of amides is 1. The Hall–Kier alpha value is -3.54. The summed E-state index contributed by atoms with van der Waals surface area (Å²) in [6, 6.07) is 15.3. The number of allylic oxidation sites excluding steroid dienone is 2. The first-order valence-electron chi connectivity index (χ1n) is 10.2. The van der Waals surface area contributed by atoms with E-state index in [2.05, 4.69) is 5.32 Å². The van der Waals surface area contributed by atoms with Crippen LogP contribution < -0.4 is 5.32 Å². The summed E-state index contributed by atoms with van der Waals surface area (Å²) in [5.41, 5.74) is 2.62. The van der Waals surface area contributed by atoms with Gasteiger partial charge in [-0.05, 0) is 25.3 Å². The largest absolute Gasteiger partial charge is 0.467 e. The molecule has 6 heteroatoms. The van der Waals surface area contributed by atoms with Gasteiger partial charge in [0.25, 0.3) is 0 Å². The molecule has 0 bridgehead atoms. The molecule has 1 aliphatic rings. The van der Waals surface area contributed by atoms with Gasteiger partial charge in [-0.2, -0.15) is 0 Å². The summed E-state index contributed by atoms with van der Waals surface area (Å²) in [5, 5.41) is 2.72. The highest BCUT2D eigenvalue weighted by molar-refractivity contribution is 6.26. The Labute approximate surface area is 181 Å². The Bertz CT molecular complexity index is 1040. The molecule has 6 nitrogen and oxygen atoms in total. The zero-order valence-electron chi connectivity index (χ0n) is 17.6. The Kier molecular flexibility index (Phi) is 7.13. The van der Waals surface area contributed by atoms with Gasteiger partial charge in [-0.1, -0.05) is 54.6 Å². The lowest BCUT2D eigenvalue weighted by molar-refractivity contribution is -0.145. The van der Waals surface area contributed by atoms with Crippen LogP contribution in [0.5, 0.6) is 0 Å². The third-order valence-electron chi connectivity index (χ3n) is 5.42. The number of hydrogen-bond acceptors (Lipinski definition) is 5. The van der Waals surface area contributed by atoms with Crippen molar-refractivity contribution in [2.24, 2.45) is 0 Å². The van der Waals surface area contributed by atoms with Crippen LogP contribution in [0.3, 0.4) is 0 Å². The van der Waals surface area contributed by atoms with Crippen molar-refractivity contribution in [2.45, 2.75) is 38.6 Å². The maximum absolute atomic E-state index is 12.8. The topological polar surface area (TPSA) is 89.5 Å². The van der Waals surface area contributed by atoms with Gasteiger partial charge in [0.15, 0.2) is 11.6 Å². The molecule has 1 aliphatic carbocycles.